The van der Waals surface area contributed by atoms with Crippen LogP contribution in [-0.4, -0.2) is 29.8 Å². The number of fused-ring (bicyclic) bond motifs is 1. The minimum absolute atomic E-state index is 0.223. The molecule has 0 aliphatic heterocycles. The molecule has 0 bridgehead atoms. The molecule has 0 heterocycles. The van der Waals surface area contributed by atoms with Gasteiger partial charge in [0.15, 0.2) is 0 Å². The lowest BCUT2D eigenvalue weighted by atomic mass is 10.0. The molecule has 0 saturated heterocycles. The summed E-state index contributed by atoms with van der Waals surface area (Å²) in [5.74, 6) is 0.340. The minimum atomic E-state index is -0.917. The molecule has 1 amide bonds. The zero-order valence-corrected chi connectivity index (χ0v) is 13.2. The second-order valence-electron chi connectivity index (χ2n) is 5.96. The van der Waals surface area contributed by atoms with Gasteiger partial charge in [0.25, 0.3) is 5.91 Å². The van der Waals surface area contributed by atoms with Crippen LogP contribution in [0, 0.1) is 0 Å². The number of nitrogens with one attached hydrogen (secondary N) is 1. The quantitative estimate of drug-likeness (QED) is 0.891. The van der Waals surface area contributed by atoms with Crippen LogP contribution >= 0.6 is 0 Å². The van der Waals surface area contributed by atoms with Gasteiger partial charge in [-0.05, 0) is 30.2 Å². The first kappa shape index (κ1) is 15.6. The Morgan fingerprint density at radius 2 is 1.74 bits per heavy atom. The van der Waals surface area contributed by atoms with Crippen LogP contribution in [0.5, 0.6) is 5.75 Å². The number of hydrogen-bond acceptors (Lipinski definition) is 3. The Kier molecular flexibility index (Phi) is 4.35. The molecular weight excluding hydrogens is 290 g/mol. The van der Waals surface area contributed by atoms with E-state index in [1.807, 2.05) is 37.3 Å². The van der Waals surface area contributed by atoms with Crippen molar-refractivity contribution >= 4 is 5.91 Å². The molecule has 0 aromatic heterocycles. The van der Waals surface area contributed by atoms with Gasteiger partial charge in [0.1, 0.15) is 5.75 Å². The van der Waals surface area contributed by atoms with E-state index in [2.05, 4.69) is 5.32 Å². The Labute approximate surface area is 136 Å². The van der Waals surface area contributed by atoms with E-state index in [4.69, 9.17) is 4.74 Å². The molecule has 2 aromatic carbocycles. The molecule has 3 rings (SSSR count). The van der Waals surface area contributed by atoms with Crippen LogP contribution in [0.3, 0.4) is 0 Å². The van der Waals surface area contributed by atoms with Gasteiger partial charge in [-0.2, -0.15) is 0 Å². The summed E-state index contributed by atoms with van der Waals surface area (Å²) in [6.07, 6.45) is 1.13. The first-order valence-corrected chi connectivity index (χ1v) is 7.90. The molecule has 0 fully saturated rings. The SMILES string of the molecule is CCOc1ccccc1C(=O)NCC1(O)Cc2ccccc2C1. The molecule has 2 N–H and O–H groups in total. The molecule has 1 aliphatic rings. The molecule has 4 nitrogen and oxygen atoms in total. The van der Waals surface area contributed by atoms with Crippen molar-refractivity contribution in [2.24, 2.45) is 0 Å². The average molecular weight is 311 g/mol. The van der Waals surface area contributed by atoms with Crippen LogP contribution in [0.1, 0.15) is 28.4 Å². The molecular formula is C19H21NO3. The van der Waals surface area contributed by atoms with Gasteiger partial charge in [-0.15, -0.1) is 0 Å². The van der Waals surface area contributed by atoms with Crippen LogP contribution in [0.4, 0.5) is 0 Å². The Hall–Kier alpha value is -2.33. The molecule has 23 heavy (non-hydrogen) atoms. The summed E-state index contributed by atoms with van der Waals surface area (Å²) in [5, 5.41) is 13.6. The summed E-state index contributed by atoms with van der Waals surface area (Å²) in [6.45, 7) is 2.61. The van der Waals surface area contributed by atoms with Gasteiger partial charge in [-0.3, -0.25) is 4.79 Å². The van der Waals surface area contributed by atoms with E-state index in [1.165, 1.54) is 0 Å². The zero-order chi connectivity index (χ0) is 16.3. The summed E-state index contributed by atoms with van der Waals surface area (Å²) >= 11 is 0. The van der Waals surface area contributed by atoms with E-state index in [0.29, 0.717) is 30.8 Å². The number of ether oxygens (including phenoxy) is 1. The molecule has 120 valence electrons. The van der Waals surface area contributed by atoms with Gasteiger partial charge in [-0.25, -0.2) is 0 Å². The third kappa shape index (κ3) is 3.37. The highest BCUT2D eigenvalue weighted by molar-refractivity contribution is 5.96. The van der Waals surface area contributed by atoms with Crippen LogP contribution in [0.2, 0.25) is 0 Å². The fourth-order valence-corrected chi connectivity index (χ4v) is 3.07. The highest BCUT2D eigenvalue weighted by Gasteiger charge is 2.35. The summed E-state index contributed by atoms with van der Waals surface area (Å²) in [5.41, 5.74) is 1.88. The Morgan fingerprint density at radius 1 is 1.13 bits per heavy atom. The van der Waals surface area contributed by atoms with Crippen LogP contribution < -0.4 is 10.1 Å². The standard InChI is InChI=1S/C19H21NO3/c1-2-23-17-10-6-5-9-16(17)18(21)20-13-19(22)11-14-7-3-4-8-15(14)12-19/h3-10,22H,2,11-13H2,1H3,(H,20,21). The molecule has 2 aromatic rings. The van der Waals surface area contributed by atoms with Crippen LogP contribution in [0.25, 0.3) is 0 Å². The smallest absolute Gasteiger partial charge is 0.255 e. The third-order valence-electron chi connectivity index (χ3n) is 4.17. The first-order valence-electron chi connectivity index (χ1n) is 7.90. The van der Waals surface area contributed by atoms with Gasteiger partial charge in [0.2, 0.25) is 0 Å². The Morgan fingerprint density at radius 3 is 2.39 bits per heavy atom. The average Bonchev–Trinajstić information content (AvgIpc) is 2.90. The van der Waals surface area contributed by atoms with Crippen LogP contribution in [-0.2, 0) is 12.8 Å². The van der Waals surface area contributed by atoms with Crippen molar-refractivity contribution < 1.29 is 14.6 Å². The Balaban J connectivity index is 1.66. The summed E-state index contributed by atoms with van der Waals surface area (Å²) < 4.78 is 5.48. The third-order valence-corrected chi connectivity index (χ3v) is 4.17. The van der Waals surface area contributed by atoms with Gasteiger partial charge in [0.05, 0.1) is 17.8 Å². The van der Waals surface area contributed by atoms with Crippen LogP contribution in [0.15, 0.2) is 48.5 Å². The maximum absolute atomic E-state index is 12.4. The monoisotopic (exact) mass is 311 g/mol. The van der Waals surface area contributed by atoms with Crippen molar-refractivity contribution in [1.82, 2.24) is 5.32 Å². The van der Waals surface area contributed by atoms with Crippen molar-refractivity contribution in [2.45, 2.75) is 25.4 Å². The fourth-order valence-electron chi connectivity index (χ4n) is 3.07. The molecule has 0 unspecified atom stereocenters. The predicted octanol–water partition coefficient (Wildman–Crippen LogP) is 2.35. The van der Waals surface area contributed by atoms with E-state index >= 15 is 0 Å². The van der Waals surface area contributed by atoms with Gasteiger partial charge in [-0.1, -0.05) is 36.4 Å². The molecule has 1 aliphatic carbocycles. The summed E-state index contributed by atoms with van der Waals surface area (Å²) in [6, 6.07) is 15.1. The number of amides is 1. The maximum Gasteiger partial charge on any atom is 0.255 e. The number of rotatable bonds is 5. The largest absolute Gasteiger partial charge is 0.493 e. The zero-order valence-electron chi connectivity index (χ0n) is 13.2. The number of carbonyl (C=O) groups is 1. The highest BCUT2D eigenvalue weighted by atomic mass is 16.5. The summed E-state index contributed by atoms with van der Waals surface area (Å²) in [7, 11) is 0. The number of aliphatic hydroxyl groups is 1. The first-order chi connectivity index (χ1) is 11.1. The number of hydrogen-bond donors (Lipinski definition) is 2. The van der Waals surface area contributed by atoms with E-state index < -0.39 is 5.60 Å². The Bertz CT molecular complexity index is 686. The van der Waals surface area contributed by atoms with E-state index in [1.54, 1.807) is 18.2 Å². The lowest BCUT2D eigenvalue weighted by molar-refractivity contribution is 0.0479. The summed E-state index contributed by atoms with van der Waals surface area (Å²) in [4.78, 5) is 12.4. The molecule has 0 radical (unpaired) electrons. The van der Waals surface area contributed by atoms with Crippen molar-refractivity contribution in [2.75, 3.05) is 13.2 Å². The second kappa shape index (κ2) is 6.42. The lowest BCUT2D eigenvalue weighted by Gasteiger charge is -2.23. The lowest BCUT2D eigenvalue weighted by Crippen LogP contribution is -2.43. The fraction of sp³-hybridized carbons (Fsp3) is 0.316. The molecule has 0 atom stereocenters. The highest BCUT2D eigenvalue weighted by Crippen LogP contribution is 2.29. The normalized spacial score (nSPS) is 15.0. The minimum Gasteiger partial charge on any atom is -0.493 e. The van der Waals surface area contributed by atoms with E-state index in [0.717, 1.165) is 11.1 Å². The van der Waals surface area contributed by atoms with E-state index in [-0.39, 0.29) is 12.5 Å². The maximum atomic E-state index is 12.4. The number of benzene rings is 2. The molecule has 4 heteroatoms. The van der Waals surface area contributed by atoms with Crippen molar-refractivity contribution in [3.63, 3.8) is 0 Å². The van der Waals surface area contributed by atoms with Gasteiger partial charge >= 0.3 is 0 Å². The van der Waals surface area contributed by atoms with Gasteiger partial charge in [0, 0.05) is 19.4 Å². The number of carbonyl (C=O) groups excluding carboxylic acids is 1. The van der Waals surface area contributed by atoms with Crippen molar-refractivity contribution in [1.29, 1.82) is 0 Å². The number of para-hydroxylation sites is 1. The second-order valence-corrected chi connectivity index (χ2v) is 5.96. The van der Waals surface area contributed by atoms with Gasteiger partial charge < -0.3 is 15.2 Å². The molecule has 0 saturated carbocycles. The van der Waals surface area contributed by atoms with Crippen molar-refractivity contribution in [3.05, 3.63) is 65.2 Å². The predicted molar refractivity (Wildman–Crippen MR) is 88.7 cm³/mol. The van der Waals surface area contributed by atoms with E-state index in [9.17, 15) is 9.90 Å². The topological polar surface area (TPSA) is 58.6 Å². The molecule has 0 spiro atoms. The van der Waals surface area contributed by atoms with Crippen molar-refractivity contribution in [3.8, 4) is 5.75 Å².